The van der Waals surface area contributed by atoms with Crippen LogP contribution in [0.3, 0.4) is 0 Å². The Morgan fingerprint density at radius 2 is 2.21 bits per heavy atom. The van der Waals surface area contributed by atoms with E-state index in [1.165, 1.54) is 7.11 Å². The van der Waals surface area contributed by atoms with E-state index in [2.05, 4.69) is 11.3 Å². The molecule has 0 saturated carbocycles. The van der Waals surface area contributed by atoms with E-state index in [1.54, 1.807) is 18.2 Å². The summed E-state index contributed by atoms with van der Waals surface area (Å²) in [4.78, 5) is 11.1. The molecule has 4 heteroatoms. The number of carbonyl (C=O) groups excluding carboxylic acids is 1. The monoisotopic (exact) mass is 211 g/mol. The molecule has 74 valence electrons. The molecule has 0 aromatic heterocycles. The largest absolute Gasteiger partial charge is 0.465 e. The Balaban J connectivity index is 3.03. The van der Waals surface area contributed by atoms with Crippen LogP contribution < -0.4 is 5.73 Å². The van der Waals surface area contributed by atoms with Crippen molar-refractivity contribution >= 4 is 28.8 Å². The van der Waals surface area contributed by atoms with E-state index < -0.39 is 5.97 Å². The number of benzene rings is 1. The van der Waals surface area contributed by atoms with Crippen LogP contribution in [-0.2, 0) is 9.53 Å². The first kappa shape index (κ1) is 10.6. The first-order chi connectivity index (χ1) is 6.56. The van der Waals surface area contributed by atoms with E-state index in [0.717, 1.165) is 0 Å². The van der Waals surface area contributed by atoms with Gasteiger partial charge in [0.1, 0.15) is 0 Å². The molecular weight excluding hydrogens is 202 g/mol. The molecule has 0 spiro atoms. The standard InChI is InChI=1S/C10H10ClNO2/c1-6(10(13)14-2)7-3-4-8(11)9(12)5-7/h3-5H,1,12H2,2H3. The van der Waals surface area contributed by atoms with Crippen molar-refractivity contribution in [2.45, 2.75) is 0 Å². The number of rotatable bonds is 2. The highest BCUT2D eigenvalue weighted by molar-refractivity contribution is 6.33. The molecule has 0 unspecified atom stereocenters. The predicted octanol–water partition coefficient (Wildman–Crippen LogP) is 2.11. The molecule has 0 aliphatic heterocycles. The number of ether oxygens (including phenoxy) is 1. The number of nitrogens with two attached hydrogens (primary N) is 1. The van der Waals surface area contributed by atoms with Crippen molar-refractivity contribution in [1.29, 1.82) is 0 Å². The second-order valence-corrected chi connectivity index (χ2v) is 3.11. The summed E-state index contributed by atoms with van der Waals surface area (Å²) < 4.78 is 4.52. The topological polar surface area (TPSA) is 52.3 Å². The van der Waals surface area contributed by atoms with Crippen molar-refractivity contribution in [3.8, 4) is 0 Å². The minimum atomic E-state index is -0.480. The molecule has 14 heavy (non-hydrogen) atoms. The van der Waals surface area contributed by atoms with Crippen molar-refractivity contribution in [2.75, 3.05) is 12.8 Å². The van der Waals surface area contributed by atoms with Crippen LogP contribution >= 0.6 is 11.6 Å². The SMILES string of the molecule is C=C(C(=O)OC)c1ccc(Cl)c(N)c1. The molecule has 0 heterocycles. The second kappa shape index (κ2) is 4.15. The molecule has 0 fully saturated rings. The van der Waals surface area contributed by atoms with Crippen LogP contribution in [0.1, 0.15) is 5.56 Å². The molecule has 0 saturated heterocycles. The van der Waals surface area contributed by atoms with E-state index in [0.29, 0.717) is 16.3 Å². The van der Waals surface area contributed by atoms with Crippen LogP contribution in [0.15, 0.2) is 24.8 Å². The molecule has 0 amide bonds. The molecule has 1 aromatic carbocycles. The number of esters is 1. The van der Waals surface area contributed by atoms with Crippen LogP contribution in [0.5, 0.6) is 0 Å². The van der Waals surface area contributed by atoms with Gasteiger partial charge in [-0.05, 0) is 17.7 Å². The number of hydrogen-bond acceptors (Lipinski definition) is 3. The normalized spacial score (nSPS) is 9.57. The summed E-state index contributed by atoms with van der Waals surface area (Å²) in [5.74, 6) is -0.480. The fourth-order valence-corrected chi connectivity index (χ4v) is 1.09. The van der Waals surface area contributed by atoms with Gasteiger partial charge in [0.25, 0.3) is 0 Å². The van der Waals surface area contributed by atoms with Gasteiger partial charge in [0.15, 0.2) is 0 Å². The third-order valence-corrected chi connectivity index (χ3v) is 2.12. The Bertz CT molecular complexity index is 388. The fourth-order valence-electron chi connectivity index (χ4n) is 0.973. The Morgan fingerprint density at radius 3 is 2.71 bits per heavy atom. The second-order valence-electron chi connectivity index (χ2n) is 2.71. The summed E-state index contributed by atoms with van der Waals surface area (Å²) in [5, 5.41) is 0.450. The quantitative estimate of drug-likeness (QED) is 0.463. The lowest BCUT2D eigenvalue weighted by molar-refractivity contribution is -0.133. The van der Waals surface area contributed by atoms with E-state index in [9.17, 15) is 4.79 Å². The van der Waals surface area contributed by atoms with Crippen LogP contribution in [0.4, 0.5) is 5.69 Å². The first-order valence-corrected chi connectivity index (χ1v) is 4.26. The minimum absolute atomic E-state index is 0.260. The third-order valence-electron chi connectivity index (χ3n) is 1.78. The van der Waals surface area contributed by atoms with Gasteiger partial charge in [-0.3, -0.25) is 0 Å². The Kier molecular flexibility index (Phi) is 3.14. The molecule has 1 rings (SSSR count). The molecule has 3 nitrogen and oxygen atoms in total. The number of methoxy groups -OCH3 is 1. The molecule has 0 aliphatic carbocycles. The van der Waals surface area contributed by atoms with Crippen LogP contribution in [-0.4, -0.2) is 13.1 Å². The number of nitrogen functional groups attached to an aromatic ring is 1. The van der Waals surface area contributed by atoms with Crippen molar-refractivity contribution in [2.24, 2.45) is 0 Å². The molecule has 2 N–H and O–H groups in total. The highest BCUT2D eigenvalue weighted by atomic mass is 35.5. The predicted molar refractivity (Wildman–Crippen MR) is 56.9 cm³/mol. The summed E-state index contributed by atoms with van der Waals surface area (Å²) in [6.07, 6.45) is 0. The first-order valence-electron chi connectivity index (χ1n) is 3.89. The van der Waals surface area contributed by atoms with E-state index >= 15 is 0 Å². The minimum Gasteiger partial charge on any atom is -0.465 e. The Hall–Kier alpha value is -1.48. The van der Waals surface area contributed by atoms with Gasteiger partial charge in [0, 0.05) is 0 Å². The van der Waals surface area contributed by atoms with Gasteiger partial charge >= 0.3 is 5.97 Å². The maximum atomic E-state index is 11.1. The van der Waals surface area contributed by atoms with Gasteiger partial charge in [0.05, 0.1) is 23.4 Å². The summed E-state index contributed by atoms with van der Waals surface area (Å²) in [6.45, 7) is 3.59. The summed E-state index contributed by atoms with van der Waals surface area (Å²) in [7, 11) is 1.30. The number of hydrogen-bond donors (Lipinski definition) is 1. The molecular formula is C10H10ClNO2. The zero-order valence-electron chi connectivity index (χ0n) is 7.71. The van der Waals surface area contributed by atoms with Gasteiger partial charge < -0.3 is 10.5 Å². The van der Waals surface area contributed by atoms with Crippen molar-refractivity contribution in [1.82, 2.24) is 0 Å². The molecule has 0 bridgehead atoms. The lowest BCUT2D eigenvalue weighted by Crippen LogP contribution is -2.03. The molecule has 0 radical (unpaired) electrons. The zero-order valence-corrected chi connectivity index (χ0v) is 8.47. The smallest absolute Gasteiger partial charge is 0.337 e. The summed E-state index contributed by atoms with van der Waals surface area (Å²) in [6, 6.07) is 4.86. The molecule has 0 atom stereocenters. The van der Waals surface area contributed by atoms with Crippen LogP contribution in [0.25, 0.3) is 5.57 Å². The summed E-state index contributed by atoms with van der Waals surface area (Å²) >= 11 is 5.73. The van der Waals surface area contributed by atoms with Gasteiger partial charge in [-0.25, -0.2) is 4.79 Å². The highest BCUT2D eigenvalue weighted by Gasteiger charge is 2.10. The average Bonchev–Trinajstić information content (AvgIpc) is 2.20. The summed E-state index contributed by atoms with van der Waals surface area (Å²) in [5.41, 5.74) is 6.86. The van der Waals surface area contributed by atoms with E-state index in [-0.39, 0.29) is 5.57 Å². The van der Waals surface area contributed by atoms with E-state index in [1.807, 2.05) is 0 Å². The van der Waals surface area contributed by atoms with Crippen LogP contribution in [0.2, 0.25) is 5.02 Å². The third kappa shape index (κ3) is 2.06. The van der Waals surface area contributed by atoms with E-state index in [4.69, 9.17) is 17.3 Å². The number of anilines is 1. The Labute approximate surface area is 87.1 Å². The maximum absolute atomic E-state index is 11.1. The average molecular weight is 212 g/mol. The lowest BCUT2D eigenvalue weighted by atomic mass is 10.1. The van der Waals surface area contributed by atoms with Gasteiger partial charge in [-0.2, -0.15) is 0 Å². The maximum Gasteiger partial charge on any atom is 0.337 e. The molecule has 0 aliphatic rings. The fraction of sp³-hybridized carbons (Fsp3) is 0.100. The molecule has 1 aromatic rings. The lowest BCUT2D eigenvalue weighted by Gasteiger charge is -2.05. The van der Waals surface area contributed by atoms with Crippen molar-refractivity contribution in [3.63, 3.8) is 0 Å². The van der Waals surface area contributed by atoms with Crippen molar-refractivity contribution in [3.05, 3.63) is 35.4 Å². The highest BCUT2D eigenvalue weighted by Crippen LogP contribution is 2.23. The Morgan fingerprint density at radius 1 is 1.57 bits per heavy atom. The van der Waals surface area contributed by atoms with Gasteiger partial charge in [-0.1, -0.05) is 24.2 Å². The zero-order chi connectivity index (χ0) is 10.7. The van der Waals surface area contributed by atoms with Gasteiger partial charge in [-0.15, -0.1) is 0 Å². The van der Waals surface area contributed by atoms with Gasteiger partial charge in [0.2, 0.25) is 0 Å². The number of carbonyl (C=O) groups is 1. The van der Waals surface area contributed by atoms with Crippen molar-refractivity contribution < 1.29 is 9.53 Å². The van der Waals surface area contributed by atoms with Crippen LogP contribution in [0, 0.1) is 0 Å². The number of halogens is 1.